The number of nitrogens with zero attached hydrogens (tertiary/aromatic N) is 5. The van der Waals surface area contributed by atoms with Gasteiger partial charge in [-0.2, -0.15) is 5.10 Å². The molecule has 6 heteroatoms. The summed E-state index contributed by atoms with van der Waals surface area (Å²) in [5.74, 6) is 0.685. The van der Waals surface area contributed by atoms with Crippen LogP contribution in [0, 0.1) is 0 Å². The molecule has 2 aromatic rings. The molecule has 14 heavy (non-hydrogen) atoms. The summed E-state index contributed by atoms with van der Waals surface area (Å²) in [6, 6.07) is 0. The first-order valence-corrected chi connectivity index (χ1v) is 4.55. The summed E-state index contributed by atoms with van der Waals surface area (Å²) in [5, 5.41) is 4.46. The van der Waals surface area contributed by atoms with Crippen LogP contribution in [0.5, 0.6) is 0 Å². The largest absolute Gasteiger partial charge is 0.224 e. The fraction of sp³-hybridized carbons (Fsp3) is 0.250. The zero-order chi connectivity index (χ0) is 9.97. The molecule has 0 fully saturated rings. The van der Waals surface area contributed by atoms with Crippen molar-refractivity contribution in [2.75, 3.05) is 0 Å². The zero-order valence-corrected chi connectivity index (χ0v) is 8.31. The molecule has 0 N–H and O–H groups in total. The maximum Gasteiger partial charge on any atom is 0.163 e. The van der Waals surface area contributed by atoms with Gasteiger partial charge in [0.1, 0.15) is 24.1 Å². The van der Waals surface area contributed by atoms with Gasteiger partial charge in [0.15, 0.2) is 5.82 Å². The van der Waals surface area contributed by atoms with Crippen LogP contribution in [-0.4, -0.2) is 24.7 Å². The molecule has 2 aromatic heterocycles. The molecule has 0 bridgehead atoms. The van der Waals surface area contributed by atoms with Gasteiger partial charge < -0.3 is 0 Å². The average molecular weight is 210 g/mol. The van der Waals surface area contributed by atoms with Crippen LogP contribution in [0.25, 0.3) is 5.82 Å². The van der Waals surface area contributed by atoms with E-state index in [1.54, 1.807) is 11.0 Å². The average Bonchev–Trinajstić information content (AvgIpc) is 2.70. The van der Waals surface area contributed by atoms with Gasteiger partial charge in [-0.3, -0.25) is 0 Å². The van der Waals surface area contributed by atoms with Crippen molar-refractivity contribution in [3.05, 3.63) is 29.7 Å². The molecular weight excluding hydrogens is 202 g/mol. The monoisotopic (exact) mass is 209 g/mol. The topological polar surface area (TPSA) is 56.5 Å². The molecule has 72 valence electrons. The molecular formula is C8H8ClN5. The van der Waals surface area contributed by atoms with Crippen molar-refractivity contribution in [3.63, 3.8) is 0 Å². The van der Waals surface area contributed by atoms with E-state index in [-0.39, 0.29) is 0 Å². The second kappa shape index (κ2) is 3.71. The molecule has 0 aliphatic heterocycles. The number of hydrogen-bond donors (Lipinski definition) is 0. The van der Waals surface area contributed by atoms with E-state index in [4.69, 9.17) is 11.6 Å². The Kier molecular flexibility index (Phi) is 2.41. The van der Waals surface area contributed by atoms with E-state index in [0.717, 1.165) is 12.0 Å². The lowest BCUT2D eigenvalue weighted by Gasteiger charge is -2.05. The predicted molar refractivity (Wildman–Crippen MR) is 51.3 cm³/mol. The van der Waals surface area contributed by atoms with Gasteiger partial charge in [-0.15, -0.1) is 0 Å². The Morgan fingerprint density at radius 3 is 2.86 bits per heavy atom. The van der Waals surface area contributed by atoms with Gasteiger partial charge in [-0.25, -0.2) is 19.6 Å². The van der Waals surface area contributed by atoms with E-state index < -0.39 is 0 Å². The van der Waals surface area contributed by atoms with Crippen LogP contribution in [0.3, 0.4) is 0 Å². The van der Waals surface area contributed by atoms with Crippen LogP contribution in [-0.2, 0) is 6.42 Å². The highest BCUT2D eigenvalue weighted by molar-refractivity contribution is 6.30. The molecule has 0 saturated heterocycles. The quantitative estimate of drug-likeness (QED) is 0.699. The first-order chi connectivity index (χ1) is 6.83. The maximum absolute atomic E-state index is 5.93. The normalized spacial score (nSPS) is 10.4. The lowest BCUT2D eigenvalue weighted by Crippen LogP contribution is -2.04. The molecule has 0 spiro atoms. The number of halogens is 1. The summed E-state index contributed by atoms with van der Waals surface area (Å²) in [4.78, 5) is 11.9. The van der Waals surface area contributed by atoms with E-state index in [9.17, 15) is 0 Å². The van der Waals surface area contributed by atoms with E-state index in [2.05, 4.69) is 20.1 Å². The Labute approximate surface area is 85.8 Å². The standard InChI is InChI=1S/C8H8ClN5/c1-2-6-7(9)11-4-12-8(6)14-5-10-3-13-14/h3-5H,2H2,1H3. The second-order valence-corrected chi connectivity index (χ2v) is 3.02. The first-order valence-electron chi connectivity index (χ1n) is 4.17. The Hall–Kier alpha value is -1.49. The van der Waals surface area contributed by atoms with Gasteiger partial charge in [0.05, 0.1) is 0 Å². The van der Waals surface area contributed by atoms with Gasteiger partial charge >= 0.3 is 0 Å². The highest BCUT2D eigenvalue weighted by atomic mass is 35.5. The summed E-state index contributed by atoms with van der Waals surface area (Å²) < 4.78 is 1.58. The minimum absolute atomic E-state index is 0.466. The lowest BCUT2D eigenvalue weighted by atomic mass is 10.2. The van der Waals surface area contributed by atoms with E-state index >= 15 is 0 Å². The lowest BCUT2D eigenvalue weighted by molar-refractivity contribution is 0.816. The van der Waals surface area contributed by atoms with Gasteiger partial charge in [0, 0.05) is 5.56 Å². The molecule has 0 aliphatic rings. The highest BCUT2D eigenvalue weighted by Gasteiger charge is 2.09. The van der Waals surface area contributed by atoms with E-state index in [1.165, 1.54) is 12.7 Å². The van der Waals surface area contributed by atoms with Gasteiger partial charge in [-0.05, 0) is 6.42 Å². The number of aromatic nitrogens is 5. The maximum atomic E-state index is 5.93. The van der Waals surface area contributed by atoms with Crippen LogP contribution in [0.15, 0.2) is 19.0 Å². The Balaban J connectivity index is 2.58. The molecule has 5 nitrogen and oxygen atoms in total. The molecule has 0 amide bonds. The minimum atomic E-state index is 0.466. The summed E-state index contributed by atoms with van der Waals surface area (Å²) in [5.41, 5.74) is 0.875. The predicted octanol–water partition coefficient (Wildman–Crippen LogP) is 1.27. The van der Waals surface area contributed by atoms with Crippen molar-refractivity contribution in [1.29, 1.82) is 0 Å². The van der Waals surface area contributed by atoms with E-state index in [0.29, 0.717) is 11.0 Å². The van der Waals surface area contributed by atoms with E-state index in [1.807, 2.05) is 6.92 Å². The summed E-state index contributed by atoms with van der Waals surface area (Å²) in [6.07, 6.45) is 5.21. The fourth-order valence-corrected chi connectivity index (χ4v) is 1.46. The summed E-state index contributed by atoms with van der Waals surface area (Å²) in [6.45, 7) is 1.99. The molecule has 0 saturated carbocycles. The molecule has 0 atom stereocenters. The molecule has 2 heterocycles. The summed E-state index contributed by atoms with van der Waals surface area (Å²) >= 11 is 5.93. The smallest absolute Gasteiger partial charge is 0.163 e. The zero-order valence-electron chi connectivity index (χ0n) is 7.55. The van der Waals surface area contributed by atoms with Crippen molar-refractivity contribution in [2.24, 2.45) is 0 Å². The van der Waals surface area contributed by atoms with Crippen molar-refractivity contribution in [1.82, 2.24) is 24.7 Å². The van der Waals surface area contributed by atoms with Crippen molar-refractivity contribution in [2.45, 2.75) is 13.3 Å². The number of hydrogen-bond acceptors (Lipinski definition) is 4. The molecule has 0 aromatic carbocycles. The molecule has 0 aliphatic carbocycles. The van der Waals surface area contributed by atoms with Crippen LogP contribution in [0.4, 0.5) is 0 Å². The van der Waals surface area contributed by atoms with Crippen LogP contribution in [0.1, 0.15) is 12.5 Å². The minimum Gasteiger partial charge on any atom is -0.224 e. The molecule has 0 radical (unpaired) electrons. The first kappa shape index (κ1) is 9.08. The van der Waals surface area contributed by atoms with Crippen molar-refractivity contribution in [3.8, 4) is 5.82 Å². The second-order valence-electron chi connectivity index (χ2n) is 2.66. The Bertz CT molecular complexity index is 425. The molecule has 0 unspecified atom stereocenters. The molecule has 2 rings (SSSR count). The Morgan fingerprint density at radius 2 is 2.21 bits per heavy atom. The SMILES string of the molecule is CCc1c(Cl)ncnc1-n1cncn1. The van der Waals surface area contributed by atoms with Gasteiger partial charge in [0.25, 0.3) is 0 Å². The van der Waals surface area contributed by atoms with Crippen LogP contribution < -0.4 is 0 Å². The third-order valence-corrected chi connectivity index (χ3v) is 2.19. The Morgan fingerprint density at radius 1 is 1.36 bits per heavy atom. The highest BCUT2D eigenvalue weighted by Crippen LogP contribution is 2.18. The third-order valence-electron chi connectivity index (χ3n) is 1.86. The van der Waals surface area contributed by atoms with Crippen molar-refractivity contribution >= 4 is 11.6 Å². The van der Waals surface area contributed by atoms with Crippen molar-refractivity contribution < 1.29 is 0 Å². The fourth-order valence-electron chi connectivity index (χ4n) is 1.20. The third kappa shape index (κ3) is 1.46. The summed E-state index contributed by atoms with van der Waals surface area (Å²) in [7, 11) is 0. The number of rotatable bonds is 2. The van der Waals surface area contributed by atoms with Crippen LogP contribution >= 0.6 is 11.6 Å². The van der Waals surface area contributed by atoms with Crippen LogP contribution in [0.2, 0.25) is 5.15 Å². The van der Waals surface area contributed by atoms with Gasteiger partial charge in [0.2, 0.25) is 0 Å². The van der Waals surface area contributed by atoms with Gasteiger partial charge in [-0.1, -0.05) is 18.5 Å².